The second kappa shape index (κ2) is 6.86. The molecule has 0 aliphatic carbocycles. The summed E-state index contributed by atoms with van der Waals surface area (Å²) in [5.41, 5.74) is 2.10. The van der Waals surface area contributed by atoms with Crippen LogP contribution in [0.3, 0.4) is 0 Å². The zero-order valence-corrected chi connectivity index (χ0v) is 13.7. The molecule has 1 aromatic heterocycles. The fourth-order valence-corrected chi connectivity index (χ4v) is 3.23. The molecule has 2 heterocycles. The van der Waals surface area contributed by atoms with Gasteiger partial charge >= 0.3 is 0 Å². The molecule has 1 aliphatic heterocycles. The van der Waals surface area contributed by atoms with Crippen LogP contribution in [0.25, 0.3) is 0 Å². The molecule has 0 bridgehead atoms. The lowest BCUT2D eigenvalue weighted by Gasteiger charge is -2.33. The molecule has 0 saturated carbocycles. The highest BCUT2D eigenvalue weighted by atomic mass is 16.5. The van der Waals surface area contributed by atoms with Gasteiger partial charge in [-0.2, -0.15) is 0 Å². The number of aromatic nitrogens is 2. The third-order valence-electron chi connectivity index (χ3n) is 4.47. The van der Waals surface area contributed by atoms with Crippen molar-refractivity contribution < 1.29 is 9.53 Å². The molecule has 1 amide bonds. The number of ether oxygens (including phenoxy) is 1. The van der Waals surface area contributed by atoms with E-state index in [0.717, 1.165) is 42.8 Å². The first-order valence-corrected chi connectivity index (χ1v) is 8.06. The van der Waals surface area contributed by atoms with Crippen molar-refractivity contribution in [2.45, 2.75) is 32.2 Å². The lowest BCUT2D eigenvalue weighted by molar-refractivity contribution is -0.132. The van der Waals surface area contributed by atoms with E-state index in [1.54, 1.807) is 13.3 Å². The SMILES string of the molecule is COc1ccc(C)cc1CC(=O)N1CCC[C@H](n2ccnc2)C1. The molecule has 0 radical (unpaired) electrons. The molecule has 0 unspecified atom stereocenters. The number of rotatable bonds is 4. The van der Waals surface area contributed by atoms with Crippen molar-refractivity contribution >= 4 is 5.91 Å². The molecule has 5 nitrogen and oxygen atoms in total. The van der Waals surface area contributed by atoms with Gasteiger partial charge in [-0.25, -0.2) is 4.98 Å². The lowest BCUT2D eigenvalue weighted by atomic mass is 10.0. The van der Waals surface area contributed by atoms with Crippen molar-refractivity contribution in [1.82, 2.24) is 14.5 Å². The van der Waals surface area contributed by atoms with Crippen LogP contribution >= 0.6 is 0 Å². The van der Waals surface area contributed by atoms with Gasteiger partial charge in [-0.05, 0) is 25.8 Å². The number of piperidine rings is 1. The zero-order chi connectivity index (χ0) is 16.2. The number of benzene rings is 1. The normalized spacial score (nSPS) is 18.0. The van der Waals surface area contributed by atoms with Crippen LogP contribution in [0.4, 0.5) is 0 Å². The Labute approximate surface area is 136 Å². The minimum absolute atomic E-state index is 0.165. The summed E-state index contributed by atoms with van der Waals surface area (Å²) in [5.74, 6) is 0.950. The molecule has 2 aromatic rings. The van der Waals surface area contributed by atoms with Gasteiger partial charge in [0.05, 0.1) is 25.9 Å². The average molecular weight is 313 g/mol. The summed E-state index contributed by atoms with van der Waals surface area (Å²) in [7, 11) is 1.65. The first kappa shape index (κ1) is 15.6. The number of imidazole rings is 1. The van der Waals surface area contributed by atoms with Gasteiger partial charge in [0.15, 0.2) is 0 Å². The molecular formula is C18H23N3O2. The first-order chi connectivity index (χ1) is 11.2. The summed E-state index contributed by atoms with van der Waals surface area (Å²) in [4.78, 5) is 18.8. The number of carbonyl (C=O) groups is 1. The molecule has 23 heavy (non-hydrogen) atoms. The molecule has 1 aliphatic rings. The van der Waals surface area contributed by atoms with E-state index in [1.165, 1.54) is 0 Å². The third kappa shape index (κ3) is 3.55. The van der Waals surface area contributed by atoms with E-state index in [1.807, 2.05) is 42.5 Å². The van der Waals surface area contributed by atoms with Crippen molar-refractivity contribution in [1.29, 1.82) is 0 Å². The van der Waals surface area contributed by atoms with Crippen LogP contribution in [0.15, 0.2) is 36.9 Å². The molecule has 0 spiro atoms. The number of methoxy groups -OCH3 is 1. The van der Waals surface area contributed by atoms with Gasteiger partial charge in [-0.1, -0.05) is 17.7 Å². The van der Waals surface area contributed by atoms with E-state index in [9.17, 15) is 4.79 Å². The number of nitrogens with zero attached hydrogens (tertiary/aromatic N) is 3. The standard InChI is InChI=1S/C18H23N3O2/c1-14-5-6-17(23-2)15(10-14)11-18(22)20-8-3-4-16(12-20)21-9-7-19-13-21/h5-7,9-10,13,16H,3-4,8,11-12H2,1-2H3/t16-/m0/s1. The highest BCUT2D eigenvalue weighted by molar-refractivity contribution is 5.79. The van der Waals surface area contributed by atoms with Crippen LogP contribution in [-0.2, 0) is 11.2 Å². The Morgan fingerprint density at radius 2 is 2.30 bits per heavy atom. The molecule has 1 atom stereocenters. The molecule has 122 valence electrons. The van der Waals surface area contributed by atoms with Crippen molar-refractivity contribution in [3.8, 4) is 5.75 Å². The van der Waals surface area contributed by atoms with Crippen molar-refractivity contribution in [3.05, 3.63) is 48.0 Å². The number of amides is 1. The van der Waals surface area contributed by atoms with Gasteiger partial charge in [0, 0.05) is 31.0 Å². The van der Waals surface area contributed by atoms with Crippen LogP contribution in [0, 0.1) is 6.92 Å². The summed E-state index contributed by atoms with van der Waals surface area (Å²) in [6, 6.07) is 6.30. The minimum Gasteiger partial charge on any atom is -0.496 e. The molecule has 1 aromatic carbocycles. The van der Waals surface area contributed by atoms with Gasteiger partial charge in [0.25, 0.3) is 0 Å². The largest absolute Gasteiger partial charge is 0.496 e. The van der Waals surface area contributed by atoms with E-state index in [4.69, 9.17) is 4.74 Å². The number of aryl methyl sites for hydroxylation is 1. The van der Waals surface area contributed by atoms with Crippen LogP contribution in [0.1, 0.15) is 30.0 Å². The summed E-state index contributed by atoms with van der Waals surface area (Å²) in [6.45, 7) is 3.62. The molecule has 1 saturated heterocycles. The van der Waals surface area contributed by atoms with Crippen LogP contribution in [0.5, 0.6) is 5.75 Å². The van der Waals surface area contributed by atoms with Gasteiger partial charge in [0.1, 0.15) is 5.75 Å². The number of carbonyl (C=O) groups excluding carboxylic acids is 1. The second-order valence-corrected chi connectivity index (χ2v) is 6.14. The second-order valence-electron chi connectivity index (χ2n) is 6.14. The predicted molar refractivity (Wildman–Crippen MR) is 88.5 cm³/mol. The Morgan fingerprint density at radius 1 is 1.43 bits per heavy atom. The summed E-state index contributed by atoms with van der Waals surface area (Å²) >= 11 is 0. The molecule has 1 fully saturated rings. The van der Waals surface area contributed by atoms with Gasteiger partial charge in [0.2, 0.25) is 5.91 Å². The number of hydrogen-bond donors (Lipinski definition) is 0. The van der Waals surface area contributed by atoms with Crippen molar-refractivity contribution in [3.63, 3.8) is 0 Å². The highest BCUT2D eigenvalue weighted by Gasteiger charge is 2.25. The van der Waals surface area contributed by atoms with Gasteiger partial charge in [-0.15, -0.1) is 0 Å². The Bertz CT molecular complexity index is 667. The number of likely N-dealkylation sites (tertiary alicyclic amines) is 1. The maximum Gasteiger partial charge on any atom is 0.227 e. The Balaban J connectivity index is 1.69. The van der Waals surface area contributed by atoms with Crippen molar-refractivity contribution in [2.24, 2.45) is 0 Å². The van der Waals surface area contributed by atoms with E-state index in [0.29, 0.717) is 12.5 Å². The number of hydrogen-bond acceptors (Lipinski definition) is 3. The van der Waals surface area contributed by atoms with Crippen LogP contribution < -0.4 is 4.74 Å². The van der Waals surface area contributed by atoms with Gasteiger partial charge in [-0.3, -0.25) is 4.79 Å². The lowest BCUT2D eigenvalue weighted by Crippen LogP contribution is -2.41. The summed E-state index contributed by atoms with van der Waals surface area (Å²) in [6.07, 6.45) is 8.11. The maximum absolute atomic E-state index is 12.7. The Morgan fingerprint density at radius 3 is 3.04 bits per heavy atom. The average Bonchev–Trinajstić information content (AvgIpc) is 3.10. The fourth-order valence-electron chi connectivity index (χ4n) is 3.23. The smallest absolute Gasteiger partial charge is 0.227 e. The minimum atomic E-state index is 0.165. The summed E-state index contributed by atoms with van der Waals surface area (Å²) < 4.78 is 7.49. The third-order valence-corrected chi connectivity index (χ3v) is 4.47. The zero-order valence-electron chi connectivity index (χ0n) is 13.7. The maximum atomic E-state index is 12.7. The van der Waals surface area contributed by atoms with E-state index in [-0.39, 0.29) is 5.91 Å². The van der Waals surface area contributed by atoms with E-state index in [2.05, 4.69) is 9.55 Å². The predicted octanol–water partition coefficient (Wildman–Crippen LogP) is 2.61. The van der Waals surface area contributed by atoms with Crippen LogP contribution in [-0.4, -0.2) is 40.6 Å². The van der Waals surface area contributed by atoms with Crippen LogP contribution in [0.2, 0.25) is 0 Å². The fraction of sp³-hybridized carbons (Fsp3) is 0.444. The molecule has 3 rings (SSSR count). The Kier molecular flexibility index (Phi) is 4.65. The quantitative estimate of drug-likeness (QED) is 0.872. The van der Waals surface area contributed by atoms with Gasteiger partial charge < -0.3 is 14.2 Å². The highest BCUT2D eigenvalue weighted by Crippen LogP contribution is 2.24. The van der Waals surface area contributed by atoms with Crippen molar-refractivity contribution in [2.75, 3.05) is 20.2 Å². The Hall–Kier alpha value is -2.30. The topological polar surface area (TPSA) is 47.4 Å². The molecular weight excluding hydrogens is 290 g/mol. The molecule has 5 heteroatoms. The van der Waals surface area contributed by atoms with E-state index >= 15 is 0 Å². The summed E-state index contributed by atoms with van der Waals surface area (Å²) in [5, 5.41) is 0. The molecule has 0 N–H and O–H groups in total. The first-order valence-electron chi connectivity index (χ1n) is 8.06. The monoisotopic (exact) mass is 313 g/mol. The van der Waals surface area contributed by atoms with E-state index < -0.39 is 0 Å².